The van der Waals surface area contributed by atoms with Crippen LogP contribution in [0.4, 0.5) is 0 Å². The highest BCUT2D eigenvalue weighted by atomic mass is 32.2. The van der Waals surface area contributed by atoms with Gasteiger partial charge in [0.15, 0.2) is 0 Å². The molecule has 1 aliphatic heterocycles. The summed E-state index contributed by atoms with van der Waals surface area (Å²) in [5.74, 6) is 0.596. The van der Waals surface area contributed by atoms with Gasteiger partial charge in [0.2, 0.25) is 10.0 Å². The molecule has 8 nitrogen and oxygen atoms in total. The van der Waals surface area contributed by atoms with Crippen molar-refractivity contribution in [2.45, 2.75) is 17.9 Å². The number of methoxy groups -OCH3 is 1. The van der Waals surface area contributed by atoms with Gasteiger partial charge in [-0.3, -0.25) is 10.3 Å². The van der Waals surface area contributed by atoms with Crippen LogP contribution in [0, 0.1) is 11.3 Å². The van der Waals surface area contributed by atoms with Crippen molar-refractivity contribution >= 4 is 10.0 Å². The van der Waals surface area contributed by atoms with Crippen LogP contribution in [-0.2, 0) is 26.2 Å². The van der Waals surface area contributed by atoms with E-state index in [2.05, 4.69) is 11.5 Å². The van der Waals surface area contributed by atoms with Crippen LogP contribution in [0.15, 0.2) is 65.2 Å². The molecule has 1 N–H and O–H groups in total. The number of sulfonamides is 1. The van der Waals surface area contributed by atoms with Gasteiger partial charge in [0, 0.05) is 32.3 Å². The van der Waals surface area contributed by atoms with E-state index in [1.165, 1.54) is 4.31 Å². The third kappa shape index (κ3) is 6.29. The lowest BCUT2D eigenvalue weighted by molar-refractivity contribution is 0.0453. The van der Waals surface area contributed by atoms with Crippen LogP contribution in [0.25, 0.3) is 0 Å². The van der Waals surface area contributed by atoms with Crippen molar-refractivity contribution in [2.75, 3.05) is 33.4 Å². The van der Waals surface area contributed by atoms with E-state index in [0.29, 0.717) is 44.1 Å². The maximum absolute atomic E-state index is 12.9. The highest BCUT2D eigenvalue weighted by molar-refractivity contribution is 7.89. The van der Waals surface area contributed by atoms with Crippen molar-refractivity contribution in [2.24, 2.45) is 0 Å². The molecule has 0 unspecified atom stereocenters. The Balaban J connectivity index is 1.51. The molecule has 0 radical (unpaired) electrons. The molecular weight excluding hydrogens is 418 g/mol. The molecule has 0 saturated carbocycles. The first-order chi connectivity index (χ1) is 15.0. The molecule has 0 aliphatic carbocycles. The molecule has 9 heteroatoms. The molecule has 2 aromatic carbocycles. The van der Waals surface area contributed by atoms with Crippen LogP contribution in [-0.4, -0.2) is 46.1 Å². The largest absolute Gasteiger partial charge is 0.491 e. The zero-order valence-corrected chi connectivity index (χ0v) is 18.1. The summed E-state index contributed by atoms with van der Waals surface area (Å²) in [6.07, 6.45) is 2.31. The third-order valence-corrected chi connectivity index (χ3v) is 6.57. The standard InChI is InChI=1S/C22H25N3O5S/c1-28-13-14-29-21-5-7-22(8-6-21)31(26,27)25-11-9-20(10-12-25)24-30-17-19-4-2-3-18(15-19)16-23/h2-9,15,24H,10-14,17H2,1H3. The number of ether oxygens (including phenoxy) is 2. The number of rotatable bonds is 10. The minimum atomic E-state index is -3.59. The highest BCUT2D eigenvalue weighted by Gasteiger charge is 2.26. The summed E-state index contributed by atoms with van der Waals surface area (Å²) < 4.78 is 37.6. The van der Waals surface area contributed by atoms with Crippen molar-refractivity contribution < 1.29 is 22.7 Å². The van der Waals surface area contributed by atoms with Gasteiger partial charge in [-0.05, 0) is 48.0 Å². The smallest absolute Gasteiger partial charge is 0.243 e. The normalized spacial score (nSPS) is 14.5. The van der Waals surface area contributed by atoms with Gasteiger partial charge in [0.25, 0.3) is 0 Å². The predicted molar refractivity (Wildman–Crippen MR) is 114 cm³/mol. The van der Waals surface area contributed by atoms with Crippen LogP contribution in [0.3, 0.4) is 0 Å². The second-order valence-electron chi connectivity index (χ2n) is 6.86. The lowest BCUT2D eigenvalue weighted by Crippen LogP contribution is -2.36. The number of nitriles is 1. The Hall–Kier alpha value is -2.90. The van der Waals surface area contributed by atoms with Crippen molar-refractivity contribution in [3.63, 3.8) is 0 Å². The molecule has 0 fully saturated rings. The molecule has 0 atom stereocenters. The minimum Gasteiger partial charge on any atom is -0.491 e. The van der Waals surface area contributed by atoms with Crippen LogP contribution >= 0.6 is 0 Å². The molecule has 0 aromatic heterocycles. The van der Waals surface area contributed by atoms with Crippen LogP contribution < -0.4 is 10.2 Å². The number of hydroxylamine groups is 1. The van der Waals surface area contributed by atoms with E-state index in [0.717, 1.165) is 11.3 Å². The Kier molecular flexibility index (Phi) is 8.03. The molecule has 164 valence electrons. The summed E-state index contributed by atoms with van der Waals surface area (Å²) in [4.78, 5) is 5.73. The molecule has 2 aromatic rings. The Morgan fingerprint density at radius 1 is 1.16 bits per heavy atom. The minimum absolute atomic E-state index is 0.227. The van der Waals surface area contributed by atoms with E-state index in [1.54, 1.807) is 55.7 Å². The number of nitrogens with one attached hydrogen (secondary N) is 1. The lowest BCUT2D eigenvalue weighted by Gasteiger charge is -2.26. The molecule has 1 heterocycles. The van der Waals surface area contributed by atoms with Gasteiger partial charge < -0.3 is 9.47 Å². The fourth-order valence-corrected chi connectivity index (χ4v) is 4.38. The molecule has 31 heavy (non-hydrogen) atoms. The van der Waals surface area contributed by atoms with Crippen molar-refractivity contribution in [3.8, 4) is 11.8 Å². The number of hydrogen-bond acceptors (Lipinski definition) is 7. The average molecular weight is 444 g/mol. The van der Waals surface area contributed by atoms with E-state index >= 15 is 0 Å². The monoisotopic (exact) mass is 443 g/mol. The first-order valence-electron chi connectivity index (χ1n) is 9.81. The Bertz CT molecular complexity index is 1050. The summed E-state index contributed by atoms with van der Waals surface area (Å²) in [5.41, 5.74) is 5.16. The average Bonchev–Trinajstić information content (AvgIpc) is 2.80. The van der Waals surface area contributed by atoms with Crippen molar-refractivity contribution in [1.82, 2.24) is 9.79 Å². The summed E-state index contributed by atoms with van der Waals surface area (Å²) in [6, 6.07) is 15.7. The second kappa shape index (κ2) is 10.9. The first-order valence-corrected chi connectivity index (χ1v) is 11.2. The summed E-state index contributed by atoms with van der Waals surface area (Å²) in [6.45, 7) is 1.77. The molecule has 1 aliphatic rings. The van der Waals surface area contributed by atoms with Gasteiger partial charge in [0.1, 0.15) is 12.4 Å². The van der Waals surface area contributed by atoms with Gasteiger partial charge >= 0.3 is 0 Å². The van der Waals surface area contributed by atoms with E-state index in [-0.39, 0.29) is 11.4 Å². The topological polar surface area (TPSA) is 101 Å². The molecule has 0 saturated heterocycles. The number of nitrogens with zero attached hydrogens (tertiary/aromatic N) is 2. The quantitative estimate of drug-likeness (QED) is 0.445. The number of hydrogen-bond donors (Lipinski definition) is 1. The van der Waals surface area contributed by atoms with Gasteiger partial charge in [-0.15, -0.1) is 0 Å². The predicted octanol–water partition coefficient (Wildman–Crippen LogP) is 2.58. The number of benzene rings is 2. The van der Waals surface area contributed by atoms with Gasteiger partial charge in [-0.1, -0.05) is 12.1 Å². The summed E-state index contributed by atoms with van der Waals surface area (Å²) in [7, 11) is -2.00. The summed E-state index contributed by atoms with van der Waals surface area (Å²) >= 11 is 0. The van der Waals surface area contributed by atoms with Gasteiger partial charge in [0.05, 0.1) is 29.7 Å². The molecule has 3 rings (SSSR count). The SMILES string of the molecule is COCCOc1ccc(S(=O)(=O)N2CC=C(NOCc3cccc(C#N)c3)CC2)cc1. The fraction of sp³-hybridized carbons (Fsp3) is 0.318. The second-order valence-corrected chi connectivity index (χ2v) is 8.80. The van der Waals surface area contributed by atoms with E-state index in [4.69, 9.17) is 19.6 Å². The zero-order valence-electron chi connectivity index (χ0n) is 17.3. The van der Waals surface area contributed by atoms with Crippen molar-refractivity contribution in [3.05, 3.63) is 71.4 Å². The molecule has 0 bridgehead atoms. The van der Waals surface area contributed by atoms with Crippen LogP contribution in [0.5, 0.6) is 5.75 Å². The Morgan fingerprint density at radius 3 is 2.65 bits per heavy atom. The first kappa shape index (κ1) is 22.8. The fourth-order valence-electron chi connectivity index (χ4n) is 3.00. The van der Waals surface area contributed by atoms with Gasteiger partial charge in [-0.2, -0.15) is 9.57 Å². The van der Waals surface area contributed by atoms with Crippen LogP contribution in [0.1, 0.15) is 17.5 Å². The lowest BCUT2D eigenvalue weighted by atomic mass is 10.1. The molecular formula is C22H25N3O5S. The molecule has 0 amide bonds. The van der Waals surface area contributed by atoms with E-state index in [9.17, 15) is 8.42 Å². The third-order valence-electron chi connectivity index (χ3n) is 4.69. The van der Waals surface area contributed by atoms with E-state index < -0.39 is 10.0 Å². The zero-order chi connectivity index (χ0) is 22.1. The maximum atomic E-state index is 12.9. The summed E-state index contributed by atoms with van der Waals surface area (Å²) in [5, 5.41) is 8.94. The van der Waals surface area contributed by atoms with Crippen LogP contribution in [0.2, 0.25) is 0 Å². The Labute approximate surface area is 182 Å². The molecule has 0 spiro atoms. The Morgan fingerprint density at radius 2 is 1.97 bits per heavy atom. The van der Waals surface area contributed by atoms with E-state index in [1.807, 2.05) is 6.07 Å². The van der Waals surface area contributed by atoms with Gasteiger partial charge in [-0.25, -0.2) is 8.42 Å². The maximum Gasteiger partial charge on any atom is 0.243 e. The van der Waals surface area contributed by atoms with Crippen molar-refractivity contribution in [1.29, 1.82) is 5.26 Å². The highest BCUT2D eigenvalue weighted by Crippen LogP contribution is 2.22.